The number of allylic oxidation sites excluding steroid dienone is 1. The van der Waals surface area contributed by atoms with Gasteiger partial charge in [0.25, 0.3) is 0 Å². The van der Waals surface area contributed by atoms with Crippen molar-refractivity contribution in [1.82, 2.24) is 29.7 Å². The second-order valence-electron chi connectivity index (χ2n) is 12.8. The number of fused-ring (bicyclic) bond motifs is 1. The monoisotopic (exact) mass is 617 g/mol. The van der Waals surface area contributed by atoms with Gasteiger partial charge in [0.05, 0.1) is 23.3 Å². The summed E-state index contributed by atoms with van der Waals surface area (Å²) < 4.78 is 7.13. The Kier molecular flexibility index (Phi) is 8.72. The van der Waals surface area contributed by atoms with Crippen LogP contribution < -0.4 is 10.2 Å². The highest BCUT2D eigenvalue weighted by atomic mass is 16.6. The molecule has 0 saturated carbocycles. The molecule has 236 valence electrons. The molecule has 2 saturated heterocycles. The first kappa shape index (κ1) is 30.8. The predicted octanol–water partition coefficient (Wildman–Crippen LogP) is 4.79. The molecule has 2 fully saturated rings. The van der Waals surface area contributed by atoms with Crippen LogP contribution in [0.3, 0.4) is 0 Å². The fraction of sp³-hybridized carbons (Fsp3) is 0.343. The van der Waals surface area contributed by atoms with Gasteiger partial charge in [-0.1, -0.05) is 30.3 Å². The number of nitrogens with one attached hydrogen (secondary N) is 2. The molecule has 0 bridgehead atoms. The van der Waals surface area contributed by atoms with E-state index in [0.29, 0.717) is 29.7 Å². The maximum absolute atomic E-state index is 12.3. The summed E-state index contributed by atoms with van der Waals surface area (Å²) >= 11 is 0. The minimum atomic E-state index is -0.537. The number of nitrogens with zero attached hydrogens (tertiary/aromatic N) is 7. The van der Waals surface area contributed by atoms with Crippen LogP contribution in [-0.4, -0.2) is 87.6 Å². The van der Waals surface area contributed by atoms with Crippen molar-refractivity contribution in [3.63, 3.8) is 0 Å². The average molecular weight is 618 g/mol. The third-order valence-electron chi connectivity index (χ3n) is 8.23. The minimum Gasteiger partial charge on any atom is -0.444 e. The number of pyridine rings is 2. The topological polar surface area (TPSA) is 126 Å². The van der Waals surface area contributed by atoms with Crippen molar-refractivity contribution in [3.8, 4) is 17.2 Å². The summed E-state index contributed by atoms with van der Waals surface area (Å²) in [6.07, 6.45) is 7.99. The number of anilines is 1. The predicted molar refractivity (Wildman–Crippen MR) is 179 cm³/mol. The molecule has 1 aromatic carbocycles. The molecule has 3 aromatic heterocycles. The Hall–Kier alpha value is -5.21. The summed E-state index contributed by atoms with van der Waals surface area (Å²) in [5.41, 5.74) is 5.03. The summed E-state index contributed by atoms with van der Waals surface area (Å²) in [7, 11) is 0. The molecule has 0 atom stereocenters. The van der Waals surface area contributed by atoms with E-state index in [-0.39, 0.29) is 12.1 Å². The van der Waals surface area contributed by atoms with Gasteiger partial charge in [0.15, 0.2) is 0 Å². The van der Waals surface area contributed by atoms with Crippen LogP contribution in [0.15, 0.2) is 73.3 Å². The van der Waals surface area contributed by atoms with E-state index in [1.807, 2.05) is 57.4 Å². The number of rotatable bonds is 8. The Balaban J connectivity index is 1.17. The van der Waals surface area contributed by atoms with Gasteiger partial charge in [-0.15, -0.1) is 0 Å². The molecule has 11 nitrogen and oxygen atoms in total. The van der Waals surface area contributed by atoms with Gasteiger partial charge in [0, 0.05) is 92.9 Å². The zero-order valence-corrected chi connectivity index (χ0v) is 26.5. The number of amides is 1. The van der Waals surface area contributed by atoms with Crippen molar-refractivity contribution in [2.24, 2.45) is 0 Å². The number of aromatic nitrogens is 3. The van der Waals surface area contributed by atoms with Gasteiger partial charge in [0.2, 0.25) is 0 Å². The first-order valence-electron chi connectivity index (χ1n) is 15.5. The molecular formula is C35H39N9O2. The van der Waals surface area contributed by atoms with Crippen LogP contribution in [0.25, 0.3) is 22.2 Å². The number of benzene rings is 1. The smallest absolute Gasteiger partial charge is 0.410 e. The van der Waals surface area contributed by atoms with Crippen LogP contribution in [-0.2, 0) is 11.3 Å². The molecule has 0 radical (unpaired) electrons. The van der Waals surface area contributed by atoms with E-state index < -0.39 is 5.60 Å². The van der Waals surface area contributed by atoms with Crippen LogP contribution in [0.4, 0.5) is 10.6 Å². The van der Waals surface area contributed by atoms with Crippen molar-refractivity contribution < 1.29 is 9.53 Å². The third kappa shape index (κ3) is 6.87. The summed E-state index contributed by atoms with van der Waals surface area (Å²) in [5, 5.41) is 25.7. The molecule has 2 N–H and O–H groups in total. The van der Waals surface area contributed by atoms with Crippen LogP contribution in [0.2, 0.25) is 0 Å². The molecule has 5 heterocycles. The van der Waals surface area contributed by atoms with Crippen LogP contribution in [0, 0.1) is 16.7 Å². The third-order valence-corrected chi connectivity index (χ3v) is 8.23. The lowest BCUT2D eigenvalue weighted by atomic mass is 10.0. The summed E-state index contributed by atoms with van der Waals surface area (Å²) in [4.78, 5) is 23.6. The Morgan fingerprint density at radius 3 is 2.52 bits per heavy atom. The van der Waals surface area contributed by atoms with E-state index in [1.54, 1.807) is 21.8 Å². The van der Waals surface area contributed by atoms with E-state index in [2.05, 4.69) is 50.5 Å². The number of ether oxygens (including phenoxy) is 1. The summed E-state index contributed by atoms with van der Waals surface area (Å²) in [6, 6.07) is 18.9. The van der Waals surface area contributed by atoms with Crippen molar-refractivity contribution in [3.05, 3.63) is 90.0 Å². The van der Waals surface area contributed by atoms with E-state index in [4.69, 9.17) is 15.1 Å². The highest BCUT2D eigenvalue weighted by molar-refractivity contribution is 6.09. The van der Waals surface area contributed by atoms with Gasteiger partial charge in [-0.2, -0.15) is 10.4 Å². The number of piperazine rings is 1. The lowest BCUT2D eigenvalue weighted by Gasteiger charge is -2.39. The molecule has 6 rings (SSSR count). The van der Waals surface area contributed by atoms with Crippen molar-refractivity contribution in [2.75, 3.05) is 44.2 Å². The molecule has 0 aliphatic carbocycles. The summed E-state index contributed by atoms with van der Waals surface area (Å²) in [6.45, 7) is 11.3. The molecule has 0 spiro atoms. The van der Waals surface area contributed by atoms with Crippen LogP contribution in [0.1, 0.15) is 37.5 Å². The van der Waals surface area contributed by atoms with Gasteiger partial charge >= 0.3 is 6.09 Å². The minimum absolute atomic E-state index is 0.0533. The van der Waals surface area contributed by atoms with Crippen molar-refractivity contribution in [1.29, 1.82) is 10.7 Å². The Labute approximate surface area is 269 Å². The number of carbonyl (C=O) groups is 1. The number of hydrogen-bond donors (Lipinski definition) is 2. The highest BCUT2D eigenvalue weighted by Gasteiger charge is 2.33. The lowest BCUT2D eigenvalue weighted by Crippen LogP contribution is -2.59. The van der Waals surface area contributed by atoms with Gasteiger partial charge in [-0.3, -0.25) is 4.90 Å². The lowest BCUT2D eigenvalue weighted by molar-refractivity contribution is 0.00662. The Morgan fingerprint density at radius 1 is 1.11 bits per heavy atom. The van der Waals surface area contributed by atoms with Gasteiger partial charge in [-0.25, -0.2) is 14.3 Å². The quantitative estimate of drug-likeness (QED) is 0.271. The second-order valence-corrected chi connectivity index (χ2v) is 12.8. The molecular weight excluding hydrogens is 578 g/mol. The van der Waals surface area contributed by atoms with Crippen molar-refractivity contribution in [2.45, 2.75) is 39.0 Å². The molecule has 2 aliphatic heterocycles. The highest BCUT2D eigenvalue weighted by Crippen LogP contribution is 2.31. The van der Waals surface area contributed by atoms with Gasteiger partial charge in [-0.05, 0) is 44.5 Å². The normalized spacial score (nSPS) is 16.2. The SMILES string of the molecule is CC(C)(C)OC(=O)N1CC(N/C=C(\C=N)c2cc(-c3ccc(N4CCN(Cc5ccccc5)CC4)nc3)c3c(C#N)cnn3c2)C1. The summed E-state index contributed by atoms with van der Waals surface area (Å²) in [5.74, 6) is 0.925. The maximum atomic E-state index is 12.3. The standard InChI is InChI=1S/C35H39N9O2/c1-35(2,3)46-34(45)43-23-30(24-43)38-19-28(16-36)27-15-31(33-29(17-37)20-40-44(33)22-27)26-9-10-32(39-18-26)42-13-11-41(12-14-42)21-25-7-5-4-6-8-25/h4-10,15-16,18-20,22,30,36,38H,11-14,21,23-24H2,1-3H3/b28-19+,36-16?. The van der Waals surface area contributed by atoms with Gasteiger partial charge < -0.3 is 25.3 Å². The molecule has 1 amide bonds. The molecule has 46 heavy (non-hydrogen) atoms. The Bertz CT molecular complexity index is 1770. The van der Waals surface area contributed by atoms with Gasteiger partial charge in [0.1, 0.15) is 17.5 Å². The van der Waals surface area contributed by atoms with E-state index in [9.17, 15) is 10.1 Å². The number of hydrogen-bond acceptors (Lipinski definition) is 9. The average Bonchev–Trinajstić information content (AvgIpc) is 3.45. The van der Waals surface area contributed by atoms with E-state index >= 15 is 0 Å². The first-order valence-corrected chi connectivity index (χ1v) is 15.5. The van der Waals surface area contributed by atoms with E-state index in [1.165, 1.54) is 11.8 Å². The van der Waals surface area contributed by atoms with Crippen molar-refractivity contribution >= 4 is 29.2 Å². The Morgan fingerprint density at radius 2 is 1.87 bits per heavy atom. The fourth-order valence-corrected chi connectivity index (χ4v) is 5.77. The number of likely N-dealkylation sites (tertiary alicyclic amines) is 1. The van der Waals surface area contributed by atoms with Crippen LogP contribution >= 0.6 is 0 Å². The maximum Gasteiger partial charge on any atom is 0.410 e. The molecule has 0 unspecified atom stereocenters. The largest absolute Gasteiger partial charge is 0.444 e. The zero-order valence-electron chi connectivity index (χ0n) is 26.5. The molecule has 11 heteroatoms. The fourth-order valence-electron chi connectivity index (χ4n) is 5.77. The number of nitriles is 1. The zero-order chi connectivity index (χ0) is 32.3. The van der Waals surface area contributed by atoms with Crippen LogP contribution in [0.5, 0.6) is 0 Å². The number of carbonyl (C=O) groups excluding carboxylic acids is 1. The first-order chi connectivity index (χ1) is 22.2. The molecule has 2 aliphatic rings. The second kappa shape index (κ2) is 13.0. The molecule has 4 aromatic rings. The van der Waals surface area contributed by atoms with E-state index in [0.717, 1.165) is 55.2 Å².